The Labute approximate surface area is 237 Å². The first-order valence-electron chi connectivity index (χ1n) is 13.5. The second-order valence-corrected chi connectivity index (χ2v) is 9.39. The fraction of sp³-hybridized carbons (Fsp3) is 0.226. The van der Waals surface area contributed by atoms with E-state index in [4.69, 9.17) is 8.83 Å². The first kappa shape index (κ1) is 28.9. The summed E-state index contributed by atoms with van der Waals surface area (Å²) >= 11 is 0. The van der Waals surface area contributed by atoms with Gasteiger partial charge in [-0.1, -0.05) is 31.4 Å². The lowest BCUT2D eigenvalue weighted by molar-refractivity contribution is -0.117. The number of unbranched alkanes of at least 4 members (excludes halogenated alkanes) is 4. The van der Waals surface area contributed by atoms with Crippen molar-refractivity contribution in [3.8, 4) is 0 Å². The molecule has 0 saturated carbocycles. The number of hydrogen-bond donors (Lipinski definition) is 4. The average molecular weight is 557 g/mol. The summed E-state index contributed by atoms with van der Waals surface area (Å²) in [5.41, 5.74) is 2.31. The summed E-state index contributed by atoms with van der Waals surface area (Å²) in [5, 5.41) is 11.2. The molecule has 4 aromatic rings. The SMILES string of the molecule is O=C(CCCCCCCC(=O)Nc1cccc(NC(=O)c2ccco2)c1)Nc1cccc(NC(=O)c2ccco2)c1. The number of benzene rings is 2. The van der Waals surface area contributed by atoms with Gasteiger partial charge >= 0.3 is 0 Å². The number of nitrogens with one attached hydrogen (secondary N) is 4. The summed E-state index contributed by atoms with van der Waals surface area (Å²) in [4.78, 5) is 48.9. The quantitative estimate of drug-likeness (QED) is 0.128. The number of amides is 4. The van der Waals surface area contributed by atoms with Crippen LogP contribution >= 0.6 is 0 Å². The van der Waals surface area contributed by atoms with Gasteiger partial charge < -0.3 is 30.1 Å². The highest BCUT2D eigenvalue weighted by atomic mass is 16.3. The van der Waals surface area contributed by atoms with Crippen molar-refractivity contribution in [3.63, 3.8) is 0 Å². The Morgan fingerprint density at radius 1 is 0.488 bits per heavy atom. The zero-order valence-electron chi connectivity index (χ0n) is 22.5. The van der Waals surface area contributed by atoms with E-state index < -0.39 is 0 Å². The fourth-order valence-corrected chi connectivity index (χ4v) is 4.10. The van der Waals surface area contributed by atoms with E-state index in [1.54, 1.807) is 72.8 Å². The Morgan fingerprint density at radius 2 is 0.878 bits per heavy atom. The van der Waals surface area contributed by atoms with Gasteiger partial charge in [-0.05, 0) is 73.5 Å². The largest absolute Gasteiger partial charge is 0.459 e. The summed E-state index contributed by atoms with van der Waals surface area (Å²) in [7, 11) is 0. The predicted octanol–water partition coefficient (Wildman–Crippen LogP) is 6.69. The minimum absolute atomic E-state index is 0.0959. The maximum absolute atomic E-state index is 12.3. The van der Waals surface area contributed by atoms with Gasteiger partial charge in [0.1, 0.15) is 0 Å². The van der Waals surface area contributed by atoms with Gasteiger partial charge in [-0.3, -0.25) is 19.2 Å². The van der Waals surface area contributed by atoms with Gasteiger partial charge in [-0.15, -0.1) is 0 Å². The van der Waals surface area contributed by atoms with Gasteiger partial charge in [0, 0.05) is 35.6 Å². The molecule has 0 aliphatic carbocycles. The molecular formula is C31H32N4O6. The van der Waals surface area contributed by atoms with E-state index in [0.717, 1.165) is 32.1 Å². The number of rotatable bonds is 14. The molecule has 4 amide bonds. The second kappa shape index (κ2) is 14.9. The molecule has 2 aromatic carbocycles. The topological polar surface area (TPSA) is 143 Å². The standard InChI is InChI=1S/C31H32N4O6/c36-28(32-22-10-6-12-24(20-22)34-30(38)26-14-8-18-40-26)16-4-2-1-3-5-17-29(37)33-23-11-7-13-25(21-23)35-31(39)27-15-9-19-41-27/h6-15,18-21H,1-5,16-17H2,(H,32,36)(H,33,37)(H,34,38)(H,35,39). The van der Waals surface area contributed by atoms with Crippen molar-refractivity contribution in [2.45, 2.75) is 44.9 Å². The third-order valence-corrected chi connectivity index (χ3v) is 6.11. The van der Waals surface area contributed by atoms with Crippen molar-refractivity contribution >= 4 is 46.4 Å². The summed E-state index contributed by atoms with van der Waals surface area (Å²) in [6.45, 7) is 0. The molecule has 0 unspecified atom stereocenters. The van der Waals surface area contributed by atoms with Gasteiger partial charge in [0.2, 0.25) is 11.8 Å². The molecule has 10 heteroatoms. The Hall–Kier alpha value is -5.12. The number of hydrogen-bond acceptors (Lipinski definition) is 6. The van der Waals surface area contributed by atoms with Crippen LogP contribution in [0.3, 0.4) is 0 Å². The lowest BCUT2D eigenvalue weighted by Crippen LogP contribution is -2.13. The van der Waals surface area contributed by atoms with Crippen molar-refractivity contribution in [1.82, 2.24) is 0 Å². The zero-order chi connectivity index (χ0) is 28.9. The molecule has 4 N–H and O–H groups in total. The van der Waals surface area contributed by atoms with Crippen LogP contribution in [-0.2, 0) is 9.59 Å². The van der Waals surface area contributed by atoms with Crippen LogP contribution in [0.5, 0.6) is 0 Å². The van der Waals surface area contributed by atoms with Crippen LogP contribution < -0.4 is 21.3 Å². The molecule has 41 heavy (non-hydrogen) atoms. The summed E-state index contributed by atoms with van der Waals surface area (Å²) in [6.07, 6.45) is 7.79. The highest BCUT2D eigenvalue weighted by Crippen LogP contribution is 2.19. The molecule has 0 aliphatic rings. The van der Waals surface area contributed by atoms with Crippen LogP contribution in [0.4, 0.5) is 22.7 Å². The molecule has 0 bridgehead atoms. The summed E-state index contributed by atoms with van der Waals surface area (Å²) < 4.78 is 10.2. The Kier molecular flexibility index (Phi) is 10.5. The third-order valence-electron chi connectivity index (χ3n) is 6.11. The van der Waals surface area contributed by atoms with Crippen molar-refractivity contribution in [1.29, 1.82) is 0 Å². The van der Waals surface area contributed by atoms with E-state index in [-0.39, 0.29) is 35.1 Å². The van der Waals surface area contributed by atoms with Crippen LogP contribution in [0.1, 0.15) is 66.1 Å². The van der Waals surface area contributed by atoms with Crippen molar-refractivity contribution < 1.29 is 28.0 Å². The van der Waals surface area contributed by atoms with Crippen molar-refractivity contribution in [2.24, 2.45) is 0 Å². The van der Waals surface area contributed by atoms with Crippen LogP contribution in [-0.4, -0.2) is 23.6 Å². The van der Waals surface area contributed by atoms with E-state index in [1.165, 1.54) is 12.5 Å². The lowest BCUT2D eigenvalue weighted by Gasteiger charge is -2.09. The van der Waals surface area contributed by atoms with E-state index in [9.17, 15) is 19.2 Å². The van der Waals surface area contributed by atoms with Gasteiger partial charge in [-0.2, -0.15) is 0 Å². The van der Waals surface area contributed by atoms with Crippen molar-refractivity contribution in [2.75, 3.05) is 21.3 Å². The van der Waals surface area contributed by atoms with Crippen molar-refractivity contribution in [3.05, 3.63) is 96.8 Å². The maximum Gasteiger partial charge on any atom is 0.291 e. The van der Waals surface area contributed by atoms with E-state index in [2.05, 4.69) is 21.3 Å². The fourth-order valence-electron chi connectivity index (χ4n) is 4.10. The highest BCUT2D eigenvalue weighted by Gasteiger charge is 2.11. The molecule has 10 nitrogen and oxygen atoms in total. The normalized spacial score (nSPS) is 10.5. The van der Waals surface area contributed by atoms with E-state index in [1.807, 2.05) is 0 Å². The number of carbonyl (C=O) groups is 4. The molecule has 0 fully saturated rings. The minimum atomic E-state index is -0.364. The molecule has 212 valence electrons. The molecule has 0 spiro atoms. The molecule has 0 aliphatic heterocycles. The van der Waals surface area contributed by atoms with E-state index >= 15 is 0 Å². The maximum atomic E-state index is 12.3. The molecule has 2 aromatic heterocycles. The van der Waals surface area contributed by atoms with Gasteiger partial charge in [-0.25, -0.2) is 0 Å². The molecule has 4 rings (SSSR count). The number of anilines is 4. The summed E-state index contributed by atoms with van der Waals surface area (Å²) in [5.74, 6) is -0.504. The molecular weight excluding hydrogens is 524 g/mol. The van der Waals surface area contributed by atoms with E-state index in [0.29, 0.717) is 35.6 Å². The minimum Gasteiger partial charge on any atom is -0.459 e. The first-order valence-corrected chi connectivity index (χ1v) is 13.5. The molecule has 0 atom stereocenters. The molecule has 2 heterocycles. The highest BCUT2D eigenvalue weighted by molar-refractivity contribution is 6.03. The Balaban J connectivity index is 1.07. The van der Waals surface area contributed by atoms with Gasteiger partial charge in [0.05, 0.1) is 12.5 Å². The zero-order valence-corrected chi connectivity index (χ0v) is 22.5. The van der Waals surface area contributed by atoms with Gasteiger partial charge in [0.15, 0.2) is 11.5 Å². The average Bonchev–Trinajstić information content (AvgIpc) is 3.68. The Morgan fingerprint density at radius 3 is 1.27 bits per heavy atom. The van der Waals surface area contributed by atoms with Crippen LogP contribution in [0.25, 0.3) is 0 Å². The van der Waals surface area contributed by atoms with Crippen LogP contribution in [0.15, 0.2) is 94.2 Å². The summed E-state index contributed by atoms with van der Waals surface area (Å²) in [6, 6.07) is 20.3. The van der Waals surface area contributed by atoms with Crippen LogP contribution in [0, 0.1) is 0 Å². The van der Waals surface area contributed by atoms with Gasteiger partial charge in [0.25, 0.3) is 11.8 Å². The Bertz CT molecular complexity index is 1340. The molecule has 0 saturated heterocycles. The lowest BCUT2D eigenvalue weighted by atomic mass is 10.1. The third kappa shape index (κ3) is 9.54. The number of furan rings is 2. The predicted molar refractivity (Wildman–Crippen MR) is 156 cm³/mol. The first-order chi connectivity index (χ1) is 20.0. The monoisotopic (exact) mass is 556 g/mol. The molecule has 0 radical (unpaired) electrons. The smallest absolute Gasteiger partial charge is 0.291 e. The van der Waals surface area contributed by atoms with Crippen LogP contribution in [0.2, 0.25) is 0 Å². The second-order valence-electron chi connectivity index (χ2n) is 9.39. The number of carbonyl (C=O) groups excluding carboxylic acids is 4.